The van der Waals surface area contributed by atoms with Crippen LogP contribution in [0.1, 0.15) is 5.82 Å². The summed E-state index contributed by atoms with van der Waals surface area (Å²) in [5.41, 5.74) is 1.92. The van der Waals surface area contributed by atoms with Crippen molar-refractivity contribution in [3.05, 3.63) is 30.1 Å². The summed E-state index contributed by atoms with van der Waals surface area (Å²) >= 11 is 0. The first-order valence-corrected chi connectivity index (χ1v) is 5.63. The van der Waals surface area contributed by atoms with Crippen LogP contribution in [0.5, 0.6) is 0 Å². The normalized spacial score (nSPS) is 10.5. The Morgan fingerprint density at radius 1 is 1.11 bits per heavy atom. The molecular formula is C12H17ClN6. The minimum atomic E-state index is 0. The van der Waals surface area contributed by atoms with Crippen molar-refractivity contribution in [3.63, 3.8) is 0 Å². The standard InChI is InChI=1S/C12H16N6.ClH/c1-9-13-12(18(4)16-9)15-14-10-5-7-11(8-6-10)17(2)3;/h5-8H,1-4H3;1H. The van der Waals surface area contributed by atoms with Crippen molar-refractivity contribution in [3.8, 4) is 0 Å². The molecule has 0 amide bonds. The fourth-order valence-electron chi connectivity index (χ4n) is 1.51. The van der Waals surface area contributed by atoms with Gasteiger partial charge in [-0.3, -0.25) is 0 Å². The third-order valence-corrected chi connectivity index (χ3v) is 2.47. The van der Waals surface area contributed by atoms with E-state index in [1.165, 1.54) is 0 Å². The van der Waals surface area contributed by atoms with Crippen LogP contribution in [0.3, 0.4) is 0 Å². The van der Waals surface area contributed by atoms with Gasteiger partial charge in [-0.2, -0.15) is 10.1 Å². The summed E-state index contributed by atoms with van der Waals surface area (Å²) in [6.07, 6.45) is 0. The van der Waals surface area contributed by atoms with Crippen molar-refractivity contribution in [2.24, 2.45) is 17.3 Å². The van der Waals surface area contributed by atoms with Gasteiger partial charge in [-0.25, -0.2) is 4.68 Å². The van der Waals surface area contributed by atoms with Gasteiger partial charge in [-0.05, 0) is 31.2 Å². The Balaban J connectivity index is 0.00000180. The molecule has 2 rings (SSSR count). The molecule has 0 spiro atoms. The Morgan fingerprint density at radius 3 is 2.21 bits per heavy atom. The molecule has 0 aliphatic carbocycles. The van der Waals surface area contributed by atoms with Gasteiger partial charge in [0.2, 0.25) is 0 Å². The molecule has 0 radical (unpaired) electrons. The van der Waals surface area contributed by atoms with E-state index in [1.807, 2.05) is 50.2 Å². The van der Waals surface area contributed by atoms with Crippen LogP contribution in [-0.2, 0) is 7.05 Å². The predicted molar refractivity (Wildman–Crippen MR) is 77.9 cm³/mol. The summed E-state index contributed by atoms with van der Waals surface area (Å²) in [5.74, 6) is 1.19. The zero-order valence-electron chi connectivity index (χ0n) is 11.4. The summed E-state index contributed by atoms with van der Waals surface area (Å²) in [6.45, 7) is 1.82. The Kier molecular flexibility index (Phi) is 5.00. The maximum Gasteiger partial charge on any atom is 0.267 e. The Hall–Kier alpha value is -1.95. The van der Waals surface area contributed by atoms with Gasteiger partial charge in [0.1, 0.15) is 5.82 Å². The molecule has 0 saturated heterocycles. The smallest absolute Gasteiger partial charge is 0.267 e. The molecule has 1 aromatic carbocycles. The van der Waals surface area contributed by atoms with Crippen LogP contribution >= 0.6 is 12.4 Å². The minimum absolute atomic E-state index is 0. The molecule has 0 unspecified atom stereocenters. The second kappa shape index (κ2) is 6.29. The van der Waals surface area contributed by atoms with Crippen LogP contribution in [0.15, 0.2) is 34.5 Å². The summed E-state index contributed by atoms with van der Waals surface area (Å²) in [6, 6.07) is 7.83. The van der Waals surface area contributed by atoms with Gasteiger partial charge in [0, 0.05) is 26.8 Å². The van der Waals surface area contributed by atoms with Crippen LogP contribution in [0.25, 0.3) is 0 Å². The number of rotatable bonds is 3. The molecule has 0 aliphatic heterocycles. The Bertz CT molecular complexity index is 558. The molecule has 1 heterocycles. The zero-order valence-corrected chi connectivity index (χ0v) is 12.2. The van der Waals surface area contributed by atoms with Crippen LogP contribution in [-0.4, -0.2) is 28.9 Å². The van der Waals surface area contributed by atoms with Crippen molar-refractivity contribution in [1.29, 1.82) is 0 Å². The Morgan fingerprint density at radius 2 is 1.74 bits per heavy atom. The quantitative estimate of drug-likeness (QED) is 0.812. The molecule has 0 saturated carbocycles. The number of anilines is 1. The highest BCUT2D eigenvalue weighted by molar-refractivity contribution is 5.85. The first kappa shape index (κ1) is 15.1. The van der Waals surface area contributed by atoms with Crippen LogP contribution in [0.2, 0.25) is 0 Å². The number of aryl methyl sites for hydroxylation is 2. The van der Waals surface area contributed by atoms with Gasteiger partial charge < -0.3 is 4.90 Å². The number of benzene rings is 1. The third-order valence-electron chi connectivity index (χ3n) is 2.47. The van der Waals surface area contributed by atoms with Crippen molar-refractivity contribution in [2.75, 3.05) is 19.0 Å². The molecule has 0 bridgehead atoms. The molecule has 0 atom stereocenters. The topological polar surface area (TPSA) is 58.7 Å². The highest BCUT2D eigenvalue weighted by Gasteiger charge is 2.01. The lowest BCUT2D eigenvalue weighted by atomic mass is 10.3. The van der Waals surface area contributed by atoms with Gasteiger partial charge in [0.15, 0.2) is 0 Å². The van der Waals surface area contributed by atoms with E-state index >= 15 is 0 Å². The van der Waals surface area contributed by atoms with Crippen LogP contribution < -0.4 is 4.90 Å². The number of azo groups is 1. The molecule has 102 valence electrons. The SMILES string of the molecule is Cc1nc(N=Nc2ccc(N(C)C)cc2)n(C)n1.Cl. The summed E-state index contributed by atoms with van der Waals surface area (Å²) in [7, 11) is 5.79. The molecule has 7 heteroatoms. The van der Waals surface area contributed by atoms with Gasteiger partial charge in [-0.1, -0.05) is 0 Å². The minimum Gasteiger partial charge on any atom is -0.378 e. The van der Waals surface area contributed by atoms with E-state index in [0.29, 0.717) is 11.8 Å². The lowest BCUT2D eigenvalue weighted by Gasteiger charge is -2.11. The molecule has 6 nitrogen and oxygen atoms in total. The van der Waals surface area contributed by atoms with Crippen LogP contribution in [0.4, 0.5) is 17.3 Å². The first-order chi connectivity index (χ1) is 8.56. The number of aromatic nitrogens is 3. The van der Waals surface area contributed by atoms with E-state index in [0.717, 1.165) is 11.4 Å². The van der Waals surface area contributed by atoms with Crippen molar-refractivity contribution < 1.29 is 0 Å². The molecule has 2 aromatic rings. The molecule has 0 fully saturated rings. The maximum absolute atomic E-state index is 4.15. The fraction of sp³-hybridized carbons (Fsp3) is 0.333. The van der Waals surface area contributed by atoms with E-state index in [1.54, 1.807) is 11.7 Å². The number of hydrogen-bond donors (Lipinski definition) is 0. The molecule has 0 N–H and O–H groups in total. The first-order valence-electron chi connectivity index (χ1n) is 5.63. The van der Waals surface area contributed by atoms with E-state index in [4.69, 9.17) is 0 Å². The number of halogens is 1. The van der Waals surface area contributed by atoms with Crippen molar-refractivity contribution >= 4 is 29.7 Å². The summed E-state index contributed by atoms with van der Waals surface area (Å²) in [5, 5.41) is 12.3. The average Bonchev–Trinajstić information content (AvgIpc) is 2.66. The molecule has 1 aromatic heterocycles. The fourth-order valence-corrected chi connectivity index (χ4v) is 1.51. The van der Waals surface area contributed by atoms with E-state index in [-0.39, 0.29) is 12.4 Å². The lowest BCUT2D eigenvalue weighted by molar-refractivity contribution is 0.753. The lowest BCUT2D eigenvalue weighted by Crippen LogP contribution is -2.07. The van der Waals surface area contributed by atoms with E-state index < -0.39 is 0 Å². The number of nitrogens with zero attached hydrogens (tertiary/aromatic N) is 6. The second-order valence-electron chi connectivity index (χ2n) is 4.19. The van der Waals surface area contributed by atoms with E-state index in [2.05, 4.69) is 20.3 Å². The van der Waals surface area contributed by atoms with E-state index in [9.17, 15) is 0 Å². The van der Waals surface area contributed by atoms with Crippen molar-refractivity contribution in [1.82, 2.24) is 14.8 Å². The average molecular weight is 281 g/mol. The van der Waals surface area contributed by atoms with Gasteiger partial charge in [0.05, 0.1) is 5.69 Å². The largest absolute Gasteiger partial charge is 0.378 e. The van der Waals surface area contributed by atoms with Crippen molar-refractivity contribution in [2.45, 2.75) is 6.92 Å². The van der Waals surface area contributed by atoms with Crippen LogP contribution in [0, 0.1) is 6.92 Å². The maximum atomic E-state index is 4.15. The molecule has 0 aliphatic rings. The third kappa shape index (κ3) is 3.75. The van der Waals surface area contributed by atoms with Gasteiger partial charge in [0.25, 0.3) is 5.95 Å². The monoisotopic (exact) mass is 280 g/mol. The summed E-state index contributed by atoms with van der Waals surface area (Å²) < 4.78 is 1.60. The highest BCUT2D eigenvalue weighted by atomic mass is 35.5. The zero-order chi connectivity index (χ0) is 13.1. The highest BCUT2D eigenvalue weighted by Crippen LogP contribution is 2.20. The van der Waals surface area contributed by atoms with Gasteiger partial charge >= 0.3 is 0 Å². The second-order valence-corrected chi connectivity index (χ2v) is 4.19. The number of hydrogen-bond acceptors (Lipinski definition) is 5. The summed E-state index contributed by atoms with van der Waals surface area (Å²) in [4.78, 5) is 6.19. The molecular weight excluding hydrogens is 264 g/mol. The predicted octanol–water partition coefficient (Wildman–Crippen LogP) is 3.03. The Labute approximate surface area is 118 Å². The van der Waals surface area contributed by atoms with Gasteiger partial charge in [-0.15, -0.1) is 22.6 Å². The molecule has 19 heavy (non-hydrogen) atoms.